The summed E-state index contributed by atoms with van der Waals surface area (Å²) in [4.78, 5) is 9.27. The number of rotatable bonds is 5. The van der Waals surface area contributed by atoms with Gasteiger partial charge in [0.2, 0.25) is 0 Å². The van der Waals surface area contributed by atoms with E-state index >= 15 is 0 Å². The zero-order valence-corrected chi connectivity index (χ0v) is 17.1. The van der Waals surface area contributed by atoms with E-state index in [1.54, 1.807) is 7.11 Å². The first-order chi connectivity index (χ1) is 13.8. The van der Waals surface area contributed by atoms with Gasteiger partial charge in [0.25, 0.3) is 0 Å². The van der Waals surface area contributed by atoms with E-state index < -0.39 is 0 Å². The maximum absolute atomic E-state index is 6.27. The highest BCUT2D eigenvalue weighted by molar-refractivity contribution is 6.18. The van der Waals surface area contributed by atoms with Crippen molar-refractivity contribution in [2.45, 2.75) is 26.3 Å². The lowest BCUT2D eigenvalue weighted by molar-refractivity contribution is 0.414. The molecular formula is C23H24ClN3O. The minimum atomic E-state index is 0.392. The number of hydrogen-bond donors (Lipinski definition) is 0. The number of alkyl halides is 1. The zero-order valence-electron chi connectivity index (χ0n) is 16.4. The van der Waals surface area contributed by atoms with E-state index in [0.29, 0.717) is 12.4 Å². The molecule has 0 fully saturated rings. The molecular weight excluding hydrogens is 370 g/mol. The van der Waals surface area contributed by atoms with E-state index in [0.717, 1.165) is 39.2 Å². The second-order valence-corrected chi connectivity index (χ2v) is 6.31. The Morgan fingerprint density at radius 2 is 1.68 bits per heavy atom. The molecule has 0 saturated heterocycles. The fourth-order valence-corrected chi connectivity index (χ4v) is 3.37. The van der Waals surface area contributed by atoms with Crippen molar-refractivity contribution in [3.05, 3.63) is 78.2 Å². The number of hydrogen-bond acceptors (Lipinski definition) is 3. The lowest BCUT2D eigenvalue weighted by Crippen LogP contribution is -2.00. The normalized spacial score (nSPS) is 10.4. The minimum Gasteiger partial charge on any atom is -0.497 e. The summed E-state index contributed by atoms with van der Waals surface area (Å²) in [6.07, 6.45) is 3.72. The molecule has 144 valence electrons. The van der Waals surface area contributed by atoms with Crippen LogP contribution in [0.15, 0.2) is 67.1 Å². The first-order valence-corrected chi connectivity index (χ1v) is 9.90. The van der Waals surface area contributed by atoms with Crippen LogP contribution in [0.3, 0.4) is 0 Å². The molecule has 0 aliphatic carbocycles. The summed E-state index contributed by atoms with van der Waals surface area (Å²) in [6.45, 7) is 4.69. The Kier molecular flexibility index (Phi) is 6.66. The number of aromatic nitrogens is 3. The average Bonchev–Trinajstić information content (AvgIpc) is 3.18. The number of ether oxygens (including phenoxy) is 1. The molecule has 28 heavy (non-hydrogen) atoms. The smallest absolute Gasteiger partial charge is 0.160 e. The van der Waals surface area contributed by atoms with Crippen LogP contribution in [0.5, 0.6) is 5.75 Å². The topological polar surface area (TPSA) is 39.9 Å². The van der Waals surface area contributed by atoms with Crippen molar-refractivity contribution in [3.63, 3.8) is 0 Å². The maximum atomic E-state index is 6.27. The van der Waals surface area contributed by atoms with Crippen LogP contribution < -0.4 is 4.74 Å². The predicted molar refractivity (Wildman–Crippen MR) is 116 cm³/mol. The summed E-state index contributed by atoms with van der Waals surface area (Å²) in [6, 6.07) is 18.2. The van der Waals surface area contributed by atoms with Gasteiger partial charge in [0.05, 0.1) is 25.9 Å². The summed E-state index contributed by atoms with van der Waals surface area (Å²) >= 11 is 6.27. The van der Waals surface area contributed by atoms with Crippen molar-refractivity contribution in [1.29, 1.82) is 0 Å². The molecule has 4 rings (SSSR count). The van der Waals surface area contributed by atoms with E-state index in [2.05, 4.69) is 22.1 Å². The molecule has 0 radical (unpaired) electrons. The standard InChI is InChI=1S/C21H18ClN3O.C2H6/c1-26-17-9-7-15(8-10-17)13-25-14-24-20-18(11-22)19(12-23-21(20)25)16-5-3-2-4-6-16;1-2/h2-10,12,14H,11,13H2,1H3;1-2H3. The molecule has 0 saturated carbocycles. The van der Waals surface area contributed by atoms with Crippen molar-refractivity contribution in [1.82, 2.24) is 14.5 Å². The Balaban J connectivity index is 0.00000109. The molecule has 4 nitrogen and oxygen atoms in total. The molecule has 0 bridgehead atoms. The molecule has 0 amide bonds. The highest BCUT2D eigenvalue weighted by Crippen LogP contribution is 2.29. The first-order valence-electron chi connectivity index (χ1n) is 9.37. The van der Waals surface area contributed by atoms with Crippen molar-refractivity contribution in [3.8, 4) is 16.9 Å². The van der Waals surface area contributed by atoms with Crippen LogP contribution >= 0.6 is 11.6 Å². The van der Waals surface area contributed by atoms with Gasteiger partial charge in [0.1, 0.15) is 11.3 Å². The van der Waals surface area contributed by atoms with Crippen LogP contribution in [0.2, 0.25) is 0 Å². The highest BCUT2D eigenvalue weighted by Gasteiger charge is 2.14. The Bertz CT molecular complexity index is 1030. The summed E-state index contributed by atoms with van der Waals surface area (Å²) in [5.41, 5.74) is 6.00. The van der Waals surface area contributed by atoms with Crippen molar-refractivity contribution < 1.29 is 4.74 Å². The minimum absolute atomic E-state index is 0.392. The Labute approximate surface area is 170 Å². The van der Waals surface area contributed by atoms with Crippen LogP contribution in [0.25, 0.3) is 22.3 Å². The van der Waals surface area contributed by atoms with Gasteiger partial charge in [0.15, 0.2) is 5.65 Å². The van der Waals surface area contributed by atoms with E-state index in [-0.39, 0.29) is 0 Å². The molecule has 0 N–H and O–H groups in total. The third kappa shape index (κ3) is 4.02. The van der Waals surface area contributed by atoms with E-state index in [9.17, 15) is 0 Å². The quantitative estimate of drug-likeness (QED) is 0.395. The summed E-state index contributed by atoms with van der Waals surface area (Å²) < 4.78 is 7.26. The van der Waals surface area contributed by atoms with Gasteiger partial charge < -0.3 is 9.30 Å². The predicted octanol–water partition coefficient (Wildman–Crippen LogP) is 5.92. The van der Waals surface area contributed by atoms with Gasteiger partial charge in [-0.25, -0.2) is 9.97 Å². The van der Waals surface area contributed by atoms with Crippen molar-refractivity contribution in [2.24, 2.45) is 0 Å². The fourth-order valence-electron chi connectivity index (χ4n) is 3.10. The second-order valence-electron chi connectivity index (χ2n) is 6.04. The van der Waals surface area contributed by atoms with E-state index in [1.165, 1.54) is 0 Å². The average molecular weight is 394 g/mol. The van der Waals surface area contributed by atoms with Gasteiger partial charge in [-0.2, -0.15) is 0 Å². The van der Waals surface area contributed by atoms with Crippen LogP contribution in [0.4, 0.5) is 0 Å². The molecule has 0 atom stereocenters. The molecule has 0 unspecified atom stereocenters. The zero-order chi connectivity index (χ0) is 19.9. The summed E-state index contributed by atoms with van der Waals surface area (Å²) in [7, 11) is 1.67. The lowest BCUT2D eigenvalue weighted by Gasteiger charge is -2.09. The molecule has 2 aromatic heterocycles. The molecule has 2 aromatic carbocycles. The largest absolute Gasteiger partial charge is 0.497 e. The second kappa shape index (κ2) is 9.38. The first kappa shape index (κ1) is 19.9. The monoisotopic (exact) mass is 393 g/mol. The Morgan fingerprint density at radius 3 is 2.32 bits per heavy atom. The third-order valence-electron chi connectivity index (χ3n) is 4.47. The van der Waals surface area contributed by atoms with Gasteiger partial charge in [0, 0.05) is 17.3 Å². The van der Waals surface area contributed by atoms with Gasteiger partial charge in [-0.15, -0.1) is 11.6 Å². The number of halogens is 1. The molecule has 0 aliphatic rings. The number of nitrogens with zero attached hydrogens (tertiary/aromatic N) is 3. The third-order valence-corrected chi connectivity index (χ3v) is 4.73. The number of fused-ring (bicyclic) bond motifs is 1. The van der Waals surface area contributed by atoms with Crippen LogP contribution in [-0.2, 0) is 12.4 Å². The molecule has 5 heteroatoms. The van der Waals surface area contributed by atoms with Gasteiger partial charge in [-0.05, 0) is 23.3 Å². The lowest BCUT2D eigenvalue weighted by atomic mass is 10.0. The number of imidazole rings is 1. The number of pyridine rings is 1. The van der Waals surface area contributed by atoms with E-state index in [1.807, 2.05) is 73.4 Å². The van der Waals surface area contributed by atoms with Crippen LogP contribution in [0, 0.1) is 0 Å². The van der Waals surface area contributed by atoms with Crippen LogP contribution in [-0.4, -0.2) is 21.6 Å². The summed E-state index contributed by atoms with van der Waals surface area (Å²) in [5, 5.41) is 0. The van der Waals surface area contributed by atoms with E-state index in [4.69, 9.17) is 16.3 Å². The Morgan fingerprint density at radius 1 is 0.964 bits per heavy atom. The molecule has 0 aliphatic heterocycles. The summed E-state index contributed by atoms with van der Waals surface area (Å²) in [5.74, 6) is 1.24. The molecule has 4 aromatic rings. The van der Waals surface area contributed by atoms with Crippen molar-refractivity contribution >= 4 is 22.8 Å². The SMILES string of the molecule is CC.COc1ccc(Cn2cnc3c(CCl)c(-c4ccccc4)cnc32)cc1. The number of methoxy groups -OCH3 is 1. The highest BCUT2D eigenvalue weighted by atomic mass is 35.5. The van der Waals surface area contributed by atoms with Crippen molar-refractivity contribution in [2.75, 3.05) is 7.11 Å². The van der Waals surface area contributed by atoms with Gasteiger partial charge >= 0.3 is 0 Å². The Hall–Kier alpha value is -2.85. The fraction of sp³-hybridized carbons (Fsp3) is 0.217. The van der Waals surface area contributed by atoms with Crippen LogP contribution in [0.1, 0.15) is 25.0 Å². The maximum Gasteiger partial charge on any atom is 0.160 e. The van der Waals surface area contributed by atoms with Gasteiger partial charge in [-0.3, -0.25) is 0 Å². The molecule has 0 spiro atoms. The van der Waals surface area contributed by atoms with Gasteiger partial charge in [-0.1, -0.05) is 56.3 Å². The molecule has 2 heterocycles. The number of benzene rings is 2.